The van der Waals surface area contributed by atoms with Crippen molar-refractivity contribution in [1.82, 2.24) is 10.3 Å². The quantitative estimate of drug-likeness (QED) is 0.706. The summed E-state index contributed by atoms with van der Waals surface area (Å²) in [6.45, 7) is 3.57. The number of aromatic amines is 1. The second-order valence-electron chi connectivity index (χ2n) is 3.14. The van der Waals surface area contributed by atoms with E-state index in [0.29, 0.717) is 0 Å². The molecule has 80 valence electrons. The highest BCUT2D eigenvalue weighted by atomic mass is 35.5. The predicted octanol–water partition coefficient (Wildman–Crippen LogP) is 0.961. The van der Waals surface area contributed by atoms with Crippen LogP contribution in [0.15, 0.2) is 18.3 Å². The Labute approximate surface area is 89.7 Å². The smallest absolute Gasteiger partial charge is 0.237 e. The summed E-state index contributed by atoms with van der Waals surface area (Å²) in [5, 5.41) is 2.79. The van der Waals surface area contributed by atoms with E-state index in [1.807, 2.05) is 25.3 Å². The van der Waals surface area contributed by atoms with Crippen molar-refractivity contribution in [2.75, 3.05) is 0 Å². The van der Waals surface area contributed by atoms with E-state index < -0.39 is 6.04 Å². The van der Waals surface area contributed by atoms with Gasteiger partial charge < -0.3 is 16.0 Å². The van der Waals surface area contributed by atoms with Gasteiger partial charge in [-0.15, -0.1) is 12.4 Å². The highest BCUT2D eigenvalue weighted by molar-refractivity contribution is 5.85. The Morgan fingerprint density at radius 3 is 2.64 bits per heavy atom. The molecule has 1 heterocycles. The fraction of sp³-hybridized carbons (Fsp3) is 0.444. The summed E-state index contributed by atoms with van der Waals surface area (Å²) < 4.78 is 0. The van der Waals surface area contributed by atoms with E-state index in [4.69, 9.17) is 5.73 Å². The molecule has 2 unspecified atom stereocenters. The third kappa shape index (κ3) is 3.40. The van der Waals surface area contributed by atoms with E-state index in [9.17, 15) is 4.79 Å². The topological polar surface area (TPSA) is 70.9 Å². The van der Waals surface area contributed by atoms with Crippen LogP contribution in [0.5, 0.6) is 0 Å². The van der Waals surface area contributed by atoms with Crippen molar-refractivity contribution in [3.05, 3.63) is 24.0 Å². The van der Waals surface area contributed by atoms with Crippen molar-refractivity contribution in [3.63, 3.8) is 0 Å². The largest absolute Gasteiger partial charge is 0.363 e. The molecule has 0 fully saturated rings. The number of carbonyl (C=O) groups excluding carboxylic acids is 1. The van der Waals surface area contributed by atoms with Crippen LogP contribution in [-0.4, -0.2) is 16.9 Å². The van der Waals surface area contributed by atoms with Crippen molar-refractivity contribution in [3.8, 4) is 0 Å². The van der Waals surface area contributed by atoms with Gasteiger partial charge in [-0.25, -0.2) is 0 Å². The molecule has 0 aromatic carbocycles. The number of hydrogen-bond donors (Lipinski definition) is 3. The number of nitrogens with two attached hydrogens (primary N) is 1. The van der Waals surface area contributed by atoms with E-state index >= 15 is 0 Å². The Kier molecular flexibility index (Phi) is 5.27. The summed E-state index contributed by atoms with van der Waals surface area (Å²) >= 11 is 0. The molecule has 2 atom stereocenters. The number of amides is 1. The van der Waals surface area contributed by atoms with E-state index in [1.165, 1.54) is 0 Å². The average molecular weight is 218 g/mol. The Morgan fingerprint density at radius 1 is 1.57 bits per heavy atom. The first-order chi connectivity index (χ1) is 6.11. The molecule has 1 aromatic rings. The van der Waals surface area contributed by atoms with Gasteiger partial charge >= 0.3 is 0 Å². The normalized spacial score (nSPS) is 13.9. The molecule has 0 aliphatic carbocycles. The maximum Gasteiger partial charge on any atom is 0.237 e. The minimum atomic E-state index is -0.461. The second-order valence-corrected chi connectivity index (χ2v) is 3.14. The maximum atomic E-state index is 11.2. The molecule has 1 rings (SSSR count). The van der Waals surface area contributed by atoms with E-state index in [-0.39, 0.29) is 24.4 Å². The number of rotatable bonds is 3. The van der Waals surface area contributed by atoms with Crippen LogP contribution in [0, 0.1) is 0 Å². The summed E-state index contributed by atoms with van der Waals surface area (Å²) in [6.07, 6.45) is 1.82. The van der Waals surface area contributed by atoms with Crippen molar-refractivity contribution < 1.29 is 4.79 Å². The standard InChI is InChI=1S/C9H15N3O.ClH/c1-6(10)9(13)12-7(2)8-4-3-5-11-8;/h3-7,11H,10H2,1-2H3,(H,12,13);1H. The maximum absolute atomic E-state index is 11.2. The summed E-state index contributed by atoms with van der Waals surface area (Å²) in [5.74, 6) is -0.137. The molecule has 0 bridgehead atoms. The van der Waals surface area contributed by atoms with Gasteiger partial charge in [0.25, 0.3) is 0 Å². The predicted molar refractivity (Wildman–Crippen MR) is 58.2 cm³/mol. The molecule has 1 amide bonds. The Hall–Kier alpha value is -1.00. The molecule has 1 aromatic heterocycles. The summed E-state index contributed by atoms with van der Waals surface area (Å²) in [6, 6.07) is 3.33. The van der Waals surface area contributed by atoms with Crippen LogP contribution in [0.25, 0.3) is 0 Å². The Morgan fingerprint density at radius 2 is 2.21 bits per heavy atom. The fourth-order valence-electron chi connectivity index (χ4n) is 1.04. The first-order valence-corrected chi connectivity index (χ1v) is 4.30. The van der Waals surface area contributed by atoms with Gasteiger partial charge in [-0.1, -0.05) is 0 Å². The second kappa shape index (κ2) is 5.67. The number of carbonyl (C=O) groups is 1. The van der Waals surface area contributed by atoms with Crippen LogP contribution in [0.3, 0.4) is 0 Å². The number of aromatic nitrogens is 1. The van der Waals surface area contributed by atoms with Gasteiger partial charge in [-0.05, 0) is 26.0 Å². The van der Waals surface area contributed by atoms with Crippen LogP contribution in [0.4, 0.5) is 0 Å². The number of nitrogens with one attached hydrogen (secondary N) is 2. The molecule has 0 saturated heterocycles. The van der Waals surface area contributed by atoms with E-state index in [2.05, 4.69) is 10.3 Å². The molecular weight excluding hydrogens is 202 g/mol. The number of halogens is 1. The van der Waals surface area contributed by atoms with Crippen molar-refractivity contribution in [2.24, 2.45) is 5.73 Å². The third-order valence-electron chi connectivity index (χ3n) is 1.86. The monoisotopic (exact) mass is 217 g/mol. The van der Waals surface area contributed by atoms with Crippen LogP contribution in [0.2, 0.25) is 0 Å². The lowest BCUT2D eigenvalue weighted by molar-refractivity contribution is -0.122. The minimum absolute atomic E-state index is 0. The van der Waals surface area contributed by atoms with Crippen LogP contribution >= 0.6 is 12.4 Å². The third-order valence-corrected chi connectivity index (χ3v) is 1.86. The molecule has 0 aliphatic rings. The van der Waals surface area contributed by atoms with E-state index in [1.54, 1.807) is 6.92 Å². The van der Waals surface area contributed by atoms with Crippen molar-refractivity contribution in [1.29, 1.82) is 0 Å². The lowest BCUT2D eigenvalue weighted by atomic mass is 10.2. The number of hydrogen-bond acceptors (Lipinski definition) is 2. The molecule has 0 spiro atoms. The highest BCUT2D eigenvalue weighted by Crippen LogP contribution is 2.08. The lowest BCUT2D eigenvalue weighted by Crippen LogP contribution is -2.39. The lowest BCUT2D eigenvalue weighted by Gasteiger charge is -2.13. The van der Waals surface area contributed by atoms with E-state index in [0.717, 1.165) is 5.69 Å². The molecule has 4 nitrogen and oxygen atoms in total. The van der Waals surface area contributed by atoms with Gasteiger partial charge in [0.15, 0.2) is 0 Å². The Bertz CT molecular complexity index is 272. The summed E-state index contributed by atoms with van der Waals surface area (Å²) in [5.41, 5.74) is 6.40. The van der Waals surface area contributed by atoms with Gasteiger partial charge in [-0.3, -0.25) is 4.79 Å². The highest BCUT2D eigenvalue weighted by Gasteiger charge is 2.12. The zero-order valence-corrected chi connectivity index (χ0v) is 9.10. The van der Waals surface area contributed by atoms with Crippen molar-refractivity contribution >= 4 is 18.3 Å². The zero-order chi connectivity index (χ0) is 9.84. The summed E-state index contributed by atoms with van der Waals surface area (Å²) in [7, 11) is 0. The SMILES string of the molecule is CC(N)C(=O)NC(C)c1ccc[nH]1.Cl. The zero-order valence-electron chi connectivity index (χ0n) is 8.28. The Balaban J connectivity index is 0.00000169. The molecule has 4 N–H and O–H groups in total. The molecule has 5 heteroatoms. The number of H-pyrrole nitrogens is 1. The van der Waals surface area contributed by atoms with Gasteiger partial charge in [0.05, 0.1) is 12.1 Å². The van der Waals surface area contributed by atoms with Gasteiger partial charge in [0, 0.05) is 11.9 Å². The first kappa shape index (κ1) is 13.0. The van der Waals surface area contributed by atoms with Crippen LogP contribution in [-0.2, 0) is 4.79 Å². The fourth-order valence-corrected chi connectivity index (χ4v) is 1.04. The van der Waals surface area contributed by atoms with Crippen LogP contribution in [0.1, 0.15) is 25.6 Å². The molecule has 0 aliphatic heterocycles. The van der Waals surface area contributed by atoms with Gasteiger partial charge in [0.1, 0.15) is 0 Å². The summed E-state index contributed by atoms with van der Waals surface area (Å²) in [4.78, 5) is 14.2. The molecule has 14 heavy (non-hydrogen) atoms. The first-order valence-electron chi connectivity index (χ1n) is 4.30. The van der Waals surface area contributed by atoms with Gasteiger partial charge in [-0.2, -0.15) is 0 Å². The molecule has 0 radical (unpaired) electrons. The van der Waals surface area contributed by atoms with Crippen LogP contribution < -0.4 is 11.1 Å². The van der Waals surface area contributed by atoms with Gasteiger partial charge in [0.2, 0.25) is 5.91 Å². The van der Waals surface area contributed by atoms with Crippen molar-refractivity contribution in [2.45, 2.75) is 25.9 Å². The molecule has 0 saturated carbocycles. The average Bonchev–Trinajstić information content (AvgIpc) is 2.55. The minimum Gasteiger partial charge on any atom is -0.363 e. The molecular formula is C9H16ClN3O.